The molecule has 0 spiro atoms. The van der Waals surface area contributed by atoms with Gasteiger partial charge in [-0.1, -0.05) is 0 Å². The summed E-state index contributed by atoms with van der Waals surface area (Å²) < 4.78 is 3.65. The minimum absolute atomic E-state index is 0.0922. The van der Waals surface area contributed by atoms with Crippen LogP contribution in [-0.2, 0) is 13.5 Å². The van der Waals surface area contributed by atoms with Crippen molar-refractivity contribution in [3.8, 4) is 0 Å². The molecular weight excluding hydrogens is 216 g/mol. The van der Waals surface area contributed by atoms with Gasteiger partial charge in [0, 0.05) is 37.3 Å². The van der Waals surface area contributed by atoms with Gasteiger partial charge in [0.2, 0.25) is 0 Å². The van der Waals surface area contributed by atoms with Crippen molar-refractivity contribution >= 4 is 0 Å². The summed E-state index contributed by atoms with van der Waals surface area (Å²) in [5.74, 6) is 0.913. The van der Waals surface area contributed by atoms with E-state index in [2.05, 4.69) is 29.0 Å². The van der Waals surface area contributed by atoms with Gasteiger partial charge in [-0.15, -0.1) is 0 Å². The first-order valence-electron chi connectivity index (χ1n) is 5.70. The molecule has 0 aromatic carbocycles. The van der Waals surface area contributed by atoms with Gasteiger partial charge in [0.1, 0.15) is 12.2 Å². The van der Waals surface area contributed by atoms with Crippen molar-refractivity contribution in [3.63, 3.8) is 0 Å². The first-order valence-corrected chi connectivity index (χ1v) is 5.70. The van der Waals surface area contributed by atoms with Crippen molar-refractivity contribution in [1.82, 2.24) is 24.5 Å². The molecule has 0 amide bonds. The van der Waals surface area contributed by atoms with Crippen LogP contribution in [0.5, 0.6) is 0 Å². The van der Waals surface area contributed by atoms with Crippen molar-refractivity contribution in [2.75, 3.05) is 0 Å². The summed E-state index contributed by atoms with van der Waals surface area (Å²) in [5, 5.41) is 8.32. The van der Waals surface area contributed by atoms with Gasteiger partial charge in [-0.25, -0.2) is 9.67 Å². The van der Waals surface area contributed by atoms with Crippen LogP contribution in [0.2, 0.25) is 0 Å². The third-order valence-corrected chi connectivity index (χ3v) is 2.69. The number of rotatable bonds is 4. The Morgan fingerprint density at radius 1 is 1.35 bits per heavy atom. The Hall–Kier alpha value is -1.69. The quantitative estimate of drug-likeness (QED) is 0.850. The fourth-order valence-corrected chi connectivity index (χ4v) is 1.80. The summed E-state index contributed by atoms with van der Waals surface area (Å²) in [6, 6.07) is 0.207. The van der Waals surface area contributed by atoms with Crippen molar-refractivity contribution in [2.24, 2.45) is 12.8 Å². The standard InChI is InChI=1S/C11H18N6/c1-8(2)17-11(13-7-15-17)4-10(12)9-5-14-16(3)6-9/h5-8,10H,4,12H2,1-3H3. The van der Waals surface area contributed by atoms with Crippen molar-refractivity contribution in [1.29, 1.82) is 0 Å². The average Bonchev–Trinajstić information content (AvgIpc) is 2.86. The van der Waals surface area contributed by atoms with Crippen LogP contribution in [0.25, 0.3) is 0 Å². The molecule has 2 aromatic rings. The second kappa shape index (κ2) is 4.67. The zero-order chi connectivity index (χ0) is 12.4. The second-order valence-electron chi connectivity index (χ2n) is 4.47. The Bertz CT molecular complexity index is 484. The lowest BCUT2D eigenvalue weighted by atomic mass is 10.1. The molecule has 1 atom stereocenters. The summed E-state index contributed by atoms with van der Waals surface area (Å²) in [4.78, 5) is 4.25. The number of nitrogens with zero attached hydrogens (tertiary/aromatic N) is 5. The molecule has 0 aliphatic rings. The average molecular weight is 234 g/mol. The van der Waals surface area contributed by atoms with Crippen LogP contribution < -0.4 is 5.73 Å². The molecule has 2 N–H and O–H groups in total. The summed E-state index contributed by atoms with van der Waals surface area (Å²) in [6.07, 6.45) is 5.97. The summed E-state index contributed by atoms with van der Waals surface area (Å²) in [5.41, 5.74) is 7.15. The van der Waals surface area contributed by atoms with E-state index in [1.54, 1.807) is 17.2 Å². The largest absolute Gasteiger partial charge is 0.323 e. The molecule has 2 rings (SSSR count). The van der Waals surface area contributed by atoms with Crippen LogP contribution in [0.1, 0.15) is 37.3 Å². The monoisotopic (exact) mass is 234 g/mol. The third-order valence-electron chi connectivity index (χ3n) is 2.69. The number of hydrogen-bond acceptors (Lipinski definition) is 4. The van der Waals surface area contributed by atoms with Gasteiger partial charge < -0.3 is 5.73 Å². The topological polar surface area (TPSA) is 74.6 Å². The normalized spacial score (nSPS) is 13.2. The highest BCUT2D eigenvalue weighted by atomic mass is 15.3. The Morgan fingerprint density at radius 3 is 2.71 bits per heavy atom. The number of aryl methyl sites for hydroxylation is 1. The van der Waals surface area contributed by atoms with E-state index in [0.29, 0.717) is 12.5 Å². The molecule has 2 aromatic heterocycles. The van der Waals surface area contributed by atoms with Crippen LogP contribution >= 0.6 is 0 Å². The van der Waals surface area contributed by atoms with Crippen LogP contribution in [0.3, 0.4) is 0 Å². The van der Waals surface area contributed by atoms with Crippen LogP contribution in [0, 0.1) is 0 Å². The maximum atomic E-state index is 6.13. The second-order valence-corrected chi connectivity index (χ2v) is 4.47. The van der Waals surface area contributed by atoms with Crippen molar-refractivity contribution in [3.05, 3.63) is 30.1 Å². The van der Waals surface area contributed by atoms with Gasteiger partial charge in [0.25, 0.3) is 0 Å². The zero-order valence-corrected chi connectivity index (χ0v) is 10.4. The van der Waals surface area contributed by atoms with Crippen molar-refractivity contribution in [2.45, 2.75) is 32.4 Å². The van der Waals surface area contributed by atoms with E-state index < -0.39 is 0 Å². The highest BCUT2D eigenvalue weighted by Crippen LogP contribution is 2.15. The Balaban J connectivity index is 2.13. The fraction of sp³-hybridized carbons (Fsp3) is 0.545. The molecule has 1 unspecified atom stereocenters. The molecule has 0 saturated carbocycles. The predicted molar refractivity (Wildman–Crippen MR) is 64.2 cm³/mol. The molecule has 2 heterocycles. The lowest BCUT2D eigenvalue weighted by Crippen LogP contribution is -2.17. The highest BCUT2D eigenvalue weighted by molar-refractivity contribution is 5.11. The predicted octanol–water partition coefficient (Wildman–Crippen LogP) is 0.835. The number of aromatic nitrogens is 5. The number of nitrogens with two attached hydrogens (primary N) is 1. The van der Waals surface area contributed by atoms with Gasteiger partial charge in [0.15, 0.2) is 0 Å². The van der Waals surface area contributed by atoms with E-state index in [0.717, 1.165) is 11.4 Å². The molecule has 6 nitrogen and oxygen atoms in total. The minimum atomic E-state index is -0.0922. The summed E-state index contributed by atoms with van der Waals surface area (Å²) >= 11 is 0. The summed E-state index contributed by atoms with van der Waals surface area (Å²) in [6.45, 7) is 4.15. The van der Waals surface area contributed by atoms with E-state index in [-0.39, 0.29) is 6.04 Å². The maximum Gasteiger partial charge on any atom is 0.138 e. The smallest absolute Gasteiger partial charge is 0.138 e. The van der Waals surface area contributed by atoms with E-state index in [4.69, 9.17) is 5.73 Å². The third kappa shape index (κ3) is 2.52. The molecule has 17 heavy (non-hydrogen) atoms. The molecule has 0 aliphatic heterocycles. The molecular formula is C11H18N6. The Labute approximate surface area is 100 Å². The SMILES string of the molecule is CC(C)n1ncnc1CC(N)c1cnn(C)c1. The zero-order valence-electron chi connectivity index (χ0n) is 10.4. The Kier molecular flexibility index (Phi) is 3.23. The lowest BCUT2D eigenvalue weighted by Gasteiger charge is -2.12. The van der Waals surface area contributed by atoms with E-state index in [1.165, 1.54) is 0 Å². The highest BCUT2D eigenvalue weighted by Gasteiger charge is 2.14. The molecule has 6 heteroatoms. The first-order chi connectivity index (χ1) is 8.08. The Morgan fingerprint density at radius 2 is 2.12 bits per heavy atom. The lowest BCUT2D eigenvalue weighted by molar-refractivity contribution is 0.493. The van der Waals surface area contributed by atoms with Gasteiger partial charge in [0.05, 0.1) is 6.20 Å². The molecule has 0 aliphatic carbocycles. The van der Waals surface area contributed by atoms with E-state index in [9.17, 15) is 0 Å². The molecule has 0 saturated heterocycles. The molecule has 0 radical (unpaired) electrons. The van der Waals surface area contributed by atoms with E-state index in [1.807, 2.05) is 17.9 Å². The van der Waals surface area contributed by atoms with Crippen LogP contribution in [0.4, 0.5) is 0 Å². The molecule has 92 valence electrons. The van der Waals surface area contributed by atoms with E-state index >= 15 is 0 Å². The van der Waals surface area contributed by atoms with Crippen molar-refractivity contribution < 1.29 is 0 Å². The van der Waals surface area contributed by atoms with Gasteiger partial charge in [-0.3, -0.25) is 4.68 Å². The molecule has 0 bridgehead atoms. The van der Waals surface area contributed by atoms with Gasteiger partial charge >= 0.3 is 0 Å². The maximum absolute atomic E-state index is 6.13. The van der Waals surface area contributed by atoms with Gasteiger partial charge in [-0.2, -0.15) is 10.2 Å². The molecule has 0 fully saturated rings. The number of hydrogen-bond donors (Lipinski definition) is 1. The minimum Gasteiger partial charge on any atom is -0.323 e. The van der Waals surface area contributed by atoms with Gasteiger partial charge in [-0.05, 0) is 13.8 Å². The fourth-order valence-electron chi connectivity index (χ4n) is 1.80. The van der Waals surface area contributed by atoms with Crippen LogP contribution in [0.15, 0.2) is 18.7 Å². The van der Waals surface area contributed by atoms with Crippen LogP contribution in [-0.4, -0.2) is 24.5 Å². The summed E-state index contributed by atoms with van der Waals surface area (Å²) in [7, 11) is 1.88. The first kappa shape index (κ1) is 11.8.